The second kappa shape index (κ2) is 6.19. The topological polar surface area (TPSA) is 138 Å². The molecule has 1 fully saturated rings. The van der Waals surface area contributed by atoms with Gasteiger partial charge in [-0.2, -0.15) is 18.6 Å². The van der Waals surface area contributed by atoms with Crippen molar-refractivity contribution < 1.29 is 28.8 Å². The highest BCUT2D eigenvalue weighted by atomic mass is 32.2. The minimum atomic E-state index is -2.94. The zero-order valence-electron chi connectivity index (χ0n) is 10.2. The van der Waals surface area contributed by atoms with Crippen molar-refractivity contribution in [3.05, 3.63) is 20.8 Å². The van der Waals surface area contributed by atoms with Gasteiger partial charge in [-0.05, 0) is 11.8 Å². The van der Waals surface area contributed by atoms with Gasteiger partial charge in [0.05, 0.1) is 6.61 Å². The van der Waals surface area contributed by atoms with Gasteiger partial charge >= 0.3 is 5.69 Å². The zero-order chi connectivity index (χ0) is 15.7. The molecule has 1 aromatic rings. The van der Waals surface area contributed by atoms with Crippen molar-refractivity contribution in [2.24, 2.45) is 0 Å². The summed E-state index contributed by atoms with van der Waals surface area (Å²) in [4.78, 5) is 24.7. The number of H-pyrrole nitrogens is 1. The Hall–Kier alpha value is -1.34. The molecule has 1 saturated heterocycles. The van der Waals surface area contributed by atoms with Gasteiger partial charge in [0.25, 0.3) is 11.3 Å². The Morgan fingerprint density at radius 2 is 2.05 bits per heavy atom. The molecule has 4 N–H and O–H groups in total. The maximum Gasteiger partial charge on any atom is 0.347 e. The van der Waals surface area contributed by atoms with Gasteiger partial charge in [0.2, 0.25) is 0 Å². The first-order valence-corrected chi connectivity index (χ1v) is 6.53. The normalized spacial score (nSPS) is 29.2. The molecule has 12 heteroatoms. The van der Waals surface area contributed by atoms with Crippen molar-refractivity contribution in [1.82, 2.24) is 14.8 Å². The Kier molecular flexibility index (Phi) is 4.73. The summed E-state index contributed by atoms with van der Waals surface area (Å²) in [6, 6.07) is 0. The van der Waals surface area contributed by atoms with Gasteiger partial charge in [0, 0.05) is 0 Å². The van der Waals surface area contributed by atoms with Gasteiger partial charge in [-0.3, -0.25) is 9.78 Å². The molecule has 4 atom stereocenters. The highest BCUT2D eigenvalue weighted by Crippen LogP contribution is 2.28. The van der Waals surface area contributed by atoms with Crippen molar-refractivity contribution in [3.8, 4) is 0 Å². The van der Waals surface area contributed by atoms with Crippen LogP contribution in [0.4, 0.5) is 8.78 Å². The van der Waals surface area contributed by atoms with Crippen LogP contribution in [-0.4, -0.2) is 60.8 Å². The largest absolute Gasteiger partial charge is 0.394 e. The lowest BCUT2D eigenvalue weighted by Gasteiger charge is -2.16. The molecule has 21 heavy (non-hydrogen) atoms. The molecule has 1 aliphatic rings. The van der Waals surface area contributed by atoms with E-state index >= 15 is 0 Å². The van der Waals surface area contributed by atoms with E-state index in [2.05, 4.69) is 5.10 Å². The third-order valence-corrected chi connectivity index (χ3v) is 3.45. The van der Waals surface area contributed by atoms with Gasteiger partial charge < -0.3 is 20.1 Å². The van der Waals surface area contributed by atoms with Gasteiger partial charge in [0.1, 0.15) is 18.3 Å². The summed E-state index contributed by atoms with van der Waals surface area (Å²) in [6.45, 7) is -0.633. The van der Waals surface area contributed by atoms with E-state index < -0.39 is 53.2 Å². The Bertz CT molecular complexity index is 622. The lowest BCUT2D eigenvalue weighted by molar-refractivity contribution is -0.0627. The molecule has 0 aliphatic carbocycles. The lowest BCUT2D eigenvalue weighted by atomic mass is 10.1. The first-order valence-electron chi connectivity index (χ1n) is 5.65. The molecular weight excluding hydrogens is 316 g/mol. The van der Waals surface area contributed by atoms with Crippen LogP contribution in [0.3, 0.4) is 0 Å². The van der Waals surface area contributed by atoms with Crippen LogP contribution in [0.15, 0.2) is 14.6 Å². The summed E-state index contributed by atoms with van der Waals surface area (Å²) in [6.07, 6.45) is -5.80. The molecular formula is C9H11F2N3O6S. The second-order valence-electron chi connectivity index (χ2n) is 4.12. The Balaban J connectivity index is 2.40. The van der Waals surface area contributed by atoms with Crippen molar-refractivity contribution in [2.45, 2.75) is 35.3 Å². The molecule has 1 aliphatic heterocycles. The first kappa shape index (κ1) is 16.0. The minimum Gasteiger partial charge on any atom is -0.394 e. The molecule has 1 aromatic heterocycles. The summed E-state index contributed by atoms with van der Waals surface area (Å²) in [5.74, 6) is -2.94. The Morgan fingerprint density at radius 3 is 2.57 bits per heavy atom. The SMILES string of the molecule is O=c1[nH]c(=O)n([C@@H]2O[C@H](CO)[C@@H](O)[C@H]2O)nc1SC(F)F. The summed E-state index contributed by atoms with van der Waals surface area (Å²) in [5.41, 5.74) is -2.21. The van der Waals surface area contributed by atoms with Crippen molar-refractivity contribution in [1.29, 1.82) is 0 Å². The van der Waals surface area contributed by atoms with E-state index in [9.17, 15) is 28.6 Å². The fraction of sp³-hybridized carbons (Fsp3) is 0.667. The summed E-state index contributed by atoms with van der Waals surface area (Å²) >= 11 is -0.182. The monoisotopic (exact) mass is 327 g/mol. The number of aromatic amines is 1. The molecule has 0 amide bonds. The lowest BCUT2D eigenvalue weighted by Crippen LogP contribution is -2.40. The number of hydrogen-bond acceptors (Lipinski definition) is 8. The number of ether oxygens (including phenoxy) is 1. The highest BCUT2D eigenvalue weighted by Gasteiger charge is 2.44. The van der Waals surface area contributed by atoms with E-state index in [-0.39, 0.29) is 11.8 Å². The van der Waals surface area contributed by atoms with Gasteiger partial charge in [-0.15, -0.1) is 0 Å². The van der Waals surface area contributed by atoms with E-state index in [4.69, 9.17) is 9.84 Å². The van der Waals surface area contributed by atoms with E-state index in [1.54, 1.807) is 4.98 Å². The molecule has 0 aromatic carbocycles. The van der Waals surface area contributed by atoms with E-state index in [1.165, 1.54) is 0 Å². The smallest absolute Gasteiger partial charge is 0.347 e. The van der Waals surface area contributed by atoms with Crippen LogP contribution in [0.2, 0.25) is 0 Å². The molecule has 0 unspecified atom stereocenters. The number of rotatable bonds is 4. The quantitative estimate of drug-likeness (QED) is 0.460. The first-order chi connectivity index (χ1) is 9.85. The maximum atomic E-state index is 12.3. The third-order valence-electron chi connectivity index (χ3n) is 2.78. The fourth-order valence-corrected chi connectivity index (χ4v) is 2.27. The van der Waals surface area contributed by atoms with E-state index in [1.807, 2.05) is 0 Å². The molecule has 0 saturated carbocycles. The number of hydrogen-bond donors (Lipinski definition) is 4. The average Bonchev–Trinajstić information content (AvgIpc) is 2.69. The Morgan fingerprint density at radius 1 is 1.38 bits per heavy atom. The van der Waals surface area contributed by atoms with E-state index in [0.717, 1.165) is 0 Å². The van der Waals surface area contributed by atoms with Gasteiger partial charge in [-0.1, -0.05) is 0 Å². The van der Waals surface area contributed by atoms with Crippen LogP contribution >= 0.6 is 11.8 Å². The number of thioether (sulfide) groups is 1. The Labute approximate surface area is 119 Å². The summed E-state index contributed by atoms with van der Waals surface area (Å²) in [7, 11) is 0. The van der Waals surface area contributed by atoms with Gasteiger partial charge in [0.15, 0.2) is 11.3 Å². The molecule has 118 valence electrons. The molecule has 2 heterocycles. The number of aliphatic hydroxyl groups is 3. The number of alkyl halides is 2. The minimum absolute atomic E-state index is 0.182. The average molecular weight is 327 g/mol. The molecule has 0 radical (unpaired) electrons. The predicted molar refractivity (Wildman–Crippen MR) is 64.0 cm³/mol. The predicted octanol–water partition coefficient (Wildman–Crippen LogP) is -2.14. The van der Waals surface area contributed by atoms with Crippen LogP contribution in [0.1, 0.15) is 6.23 Å². The van der Waals surface area contributed by atoms with Crippen molar-refractivity contribution >= 4 is 11.8 Å². The maximum absolute atomic E-state index is 12.3. The van der Waals surface area contributed by atoms with E-state index in [0.29, 0.717) is 4.68 Å². The number of halogens is 2. The molecule has 0 spiro atoms. The number of nitrogens with zero attached hydrogens (tertiary/aromatic N) is 2. The number of aliphatic hydroxyl groups excluding tert-OH is 3. The number of aromatic nitrogens is 3. The van der Waals surface area contributed by atoms with Crippen LogP contribution < -0.4 is 11.2 Å². The van der Waals surface area contributed by atoms with Crippen molar-refractivity contribution in [3.63, 3.8) is 0 Å². The van der Waals surface area contributed by atoms with Crippen LogP contribution in [-0.2, 0) is 4.74 Å². The second-order valence-corrected chi connectivity index (χ2v) is 5.10. The third kappa shape index (κ3) is 3.13. The van der Waals surface area contributed by atoms with Crippen LogP contribution in [0, 0.1) is 0 Å². The highest BCUT2D eigenvalue weighted by molar-refractivity contribution is 7.99. The summed E-state index contributed by atoms with van der Waals surface area (Å²) in [5, 5.41) is 31.0. The zero-order valence-corrected chi connectivity index (χ0v) is 11.0. The van der Waals surface area contributed by atoms with Gasteiger partial charge in [-0.25, -0.2) is 4.79 Å². The molecule has 2 rings (SSSR count). The molecule has 9 nitrogen and oxygen atoms in total. The number of nitrogens with one attached hydrogen (secondary N) is 1. The standard InChI is InChI=1S/C9H11F2N3O6S/c10-8(11)21-6-5(18)12-9(19)14(13-6)7-4(17)3(16)2(1-15)20-7/h2-4,7-8,15-17H,1H2,(H,12,18,19)/t2-,3-,4-,7-/m1/s1. The van der Waals surface area contributed by atoms with Crippen molar-refractivity contribution in [2.75, 3.05) is 6.61 Å². The summed E-state index contributed by atoms with van der Waals surface area (Å²) < 4.78 is 30.1. The molecule has 0 bridgehead atoms. The van der Waals surface area contributed by atoms with Crippen LogP contribution in [0.5, 0.6) is 0 Å². The van der Waals surface area contributed by atoms with Crippen LogP contribution in [0.25, 0.3) is 0 Å². The fourth-order valence-electron chi connectivity index (χ4n) is 1.81.